The number of nitrogens with zero attached hydrogens (tertiary/aromatic N) is 1. The number of hydrogen-bond donors (Lipinski definition) is 0. The van der Waals surface area contributed by atoms with Gasteiger partial charge in [-0.3, -0.25) is 4.98 Å². The van der Waals surface area contributed by atoms with Crippen LogP contribution in [0.4, 0.5) is 8.78 Å². The molecule has 56 valence electrons. The summed E-state index contributed by atoms with van der Waals surface area (Å²) in [6.45, 7) is 0. The Balaban J connectivity index is 3.03. The monoisotopic (exact) mass is 153 g/mol. The van der Waals surface area contributed by atoms with E-state index in [0.29, 0.717) is 5.56 Å². The average molecular weight is 153 g/mol. The highest BCUT2D eigenvalue weighted by Crippen LogP contribution is 2.15. The van der Waals surface area contributed by atoms with Crippen molar-refractivity contribution in [2.24, 2.45) is 0 Å². The van der Waals surface area contributed by atoms with Crippen LogP contribution in [-0.2, 0) is 0 Å². The molecule has 0 unspecified atom stereocenters. The minimum Gasteiger partial charge on any atom is -0.255 e. The van der Waals surface area contributed by atoms with Gasteiger partial charge in [0.2, 0.25) is 0 Å². The molecule has 1 heterocycles. The highest BCUT2D eigenvalue weighted by molar-refractivity contribution is 5.32. The Kier molecular flexibility index (Phi) is 2.17. The molecule has 0 atom stereocenters. The van der Waals surface area contributed by atoms with E-state index in [0.717, 1.165) is 0 Å². The van der Waals surface area contributed by atoms with Crippen molar-refractivity contribution < 1.29 is 8.78 Å². The van der Waals surface area contributed by atoms with Crippen LogP contribution in [0.5, 0.6) is 0 Å². The fraction of sp³-hybridized carbons (Fsp3) is 0.125. The number of aromatic nitrogens is 1. The molecule has 0 aromatic carbocycles. The Hall–Kier alpha value is -1.43. The molecule has 0 aliphatic heterocycles. The Morgan fingerprint density at radius 1 is 1.55 bits per heavy atom. The van der Waals surface area contributed by atoms with E-state index < -0.39 is 6.43 Å². The summed E-state index contributed by atoms with van der Waals surface area (Å²) in [6.07, 6.45) is 3.72. The first-order valence-corrected chi connectivity index (χ1v) is 2.94. The highest BCUT2D eigenvalue weighted by Gasteiger charge is 2.07. The molecule has 0 aliphatic carbocycles. The molecule has 0 fully saturated rings. The van der Waals surface area contributed by atoms with Crippen molar-refractivity contribution in [1.29, 1.82) is 0 Å². The SMILES string of the molecule is C#Cc1ccnc(C(F)F)c1. The van der Waals surface area contributed by atoms with Gasteiger partial charge >= 0.3 is 0 Å². The Morgan fingerprint density at radius 3 is 2.82 bits per heavy atom. The normalized spacial score (nSPS) is 9.64. The molecule has 3 heteroatoms. The minimum absolute atomic E-state index is 0.277. The summed E-state index contributed by atoms with van der Waals surface area (Å²) >= 11 is 0. The molecular formula is C8H5F2N. The van der Waals surface area contributed by atoms with Gasteiger partial charge in [-0.15, -0.1) is 6.42 Å². The predicted molar refractivity (Wildman–Crippen MR) is 37.1 cm³/mol. The van der Waals surface area contributed by atoms with E-state index in [-0.39, 0.29) is 5.69 Å². The van der Waals surface area contributed by atoms with Gasteiger partial charge in [0.1, 0.15) is 5.69 Å². The summed E-state index contributed by atoms with van der Waals surface area (Å²) in [6, 6.07) is 2.70. The first kappa shape index (κ1) is 7.67. The quantitative estimate of drug-likeness (QED) is 0.562. The number of halogens is 2. The molecule has 0 amide bonds. The summed E-state index contributed by atoms with van der Waals surface area (Å²) in [7, 11) is 0. The predicted octanol–water partition coefficient (Wildman–Crippen LogP) is 2.00. The Morgan fingerprint density at radius 2 is 2.27 bits per heavy atom. The van der Waals surface area contributed by atoms with Crippen LogP contribution in [0, 0.1) is 12.3 Å². The lowest BCUT2D eigenvalue weighted by Crippen LogP contribution is -1.89. The fourth-order valence-electron chi connectivity index (χ4n) is 0.657. The number of alkyl halides is 2. The standard InChI is InChI=1S/C8H5F2N/c1-2-6-3-4-11-7(5-6)8(9)10/h1,3-5,8H. The minimum atomic E-state index is -2.55. The zero-order valence-corrected chi connectivity index (χ0v) is 5.59. The summed E-state index contributed by atoms with van der Waals surface area (Å²) in [5.41, 5.74) is 0.149. The second-order valence-corrected chi connectivity index (χ2v) is 1.91. The number of hydrogen-bond acceptors (Lipinski definition) is 1. The van der Waals surface area contributed by atoms with Crippen molar-refractivity contribution in [1.82, 2.24) is 4.98 Å². The second-order valence-electron chi connectivity index (χ2n) is 1.91. The topological polar surface area (TPSA) is 12.9 Å². The first-order valence-electron chi connectivity index (χ1n) is 2.94. The van der Waals surface area contributed by atoms with Gasteiger partial charge in [-0.25, -0.2) is 8.78 Å². The fourth-order valence-corrected chi connectivity index (χ4v) is 0.657. The van der Waals surface area contributed by atoms with Crippen LogP contribution in [0.1, 0.15) is 17.7 Å². The van der Waals surface area contributed by atoms with Crippen LogP contribution in [0.3, 0.4) is 0 Å². The van der Waals surface area contributed by atoms with Gasteiger partial charge in [0.15, 0.2) is 0 Å². The molecular weight excluding hydrogens is 148 g/mol. The van der Waals surface area contributed by atoms with Crippen LogP contribution in [-0.4, -0.2) is 4.98 Å². The maximum atomic E-state index is 12.0. The van der Waals surface area contributed by atoms with Crippen LogP contribution < -0.4 is 0 Å². The third kappa shape index (κ3) is 1.74. The molecule has 1 aromatic heterocycles. The van der Waals surface area contributed by atoms with Crippen LogP contribution in [0.2, 0.25) is 0 Å². The highest BCUT2D eigenvalue weighted by atomic mass is 19.3. The summed E-state index contributed by atoms with van der Waals surface area (Å²) in [4.78, 5) is 3.44. The van der Waals surface area contributed by atoms with Crippen LogP contribution >= 0.6 is 0 Å². The molecule has 0 saturated heterocycles. The van der Waals surface area contributed by atoms with Gasteiger partial charge in [0.05, 0.1) is 0 Å². The van der Waals surface area contributed by atoms with Gasteiger partial charge in [-0.1, -0.05) is 5.92 Å². The lowest BCUT2D eigenvalue weighted by Gasteiger charge is -1.96. The van der Waals surface area contributed by atoms with Gasteiger partial charge in [0.25, 0.3) is 6.43 Å². The van der Waals surface area contributed by atoms with Crippen LogP contribution in [0.25, 0.3) is 0 Å². The van der Waals surface area contributed by atoms with Crippen molar-refractivity contribution in [2.75, 3.05) is 0 Å². The maximum Gasteiger partial charge on any atom is 0.280 e. The van der Waals surface area contributed by atoms with Crippen molar-refractivity contribution in [3.63, 3.8) is 0 Å². The molecule has 0 N–H and O–H groups in total. The lowest BCUT2D eigenvalue weighted by molar-refractivity contribution is 0.146. The third-order valence-electron chi connectivity index (χ3n) is 1.17. The van der Waals surface area contributed by atoms with Crippen molar-refractivity contribution >= 4 is 0 Å². The van der Waals surface area contributed by atoms with E-state index in [2.05, 4.69) is 10.9 Å². The Labute approximate surface area is 63.1 Å². The molecule has 0 spiro atoms. The van der Waals surface area contributed by atoms with Crippen LogP contribution in [0.15, 0.2) is 18.3 Å². The maximum absolute atomic E-state index is 12.0. The largest absolute Gasteiger partial charge is 0.280 e. The van der Waals surface area contributed by atoms with Gasteiger partial charge in [-0.05, 0) is 12.1 Å². The zero-order chi connectivity index (χ0) is 8.27. The average Bonchev–Trinajstić information content (AvgIpc) is 2.05. The molecule has 0 saturated carbocycles. The molecule has 1 nitrogen and oxygen atoms in total. The van der Waals surface area contributed by atoms with Crippen molar-refractivity contribution in [3.8, 4) is 12.3 Å². The number of pyridine rings is 1. The van der Waals surface area contributed by atoms with E-state index in [4.69, 9.17) is 6.42 Å². The van der Waals surface area contributed by atoms with E-state index in [1.807, 2.05) is 0 Å². The van der Waals surface area contributed by atoms with E-state index in [9.17, 15) is 8.78 Å². The van der Waals surface area contributed by atoms with Gasteiger partial charge in [-0.2, -0.15) is 0 Å². The number of rotatable bonds is 1. The van der Waals surface area contributed by atoms with Gasteiger partial charge in [0, 0.05) is 11.8 Å². The number of terminal acetylenes is 1. The van der Waals surface area contributed by atoms with E-state index in [1.54, 1.807) is 0 Å². The molecule has 1 rings (SSSR count). The first-order chi connectivity index (χ1) is 5.24. The molecule has 1 aromatic rings. The lowest BCUT2D eigenvalue weighted by atomic mass is 10.2. The zero-order valence-electron chi connectivity index (χ0n) is 5.59. The smallest absolute Gasteiger partial charge is 0.255 e. The Bertz CT molecular complexity index is 288. The van der Waals surface area contributed by atoms with Crippen molar-refractivity contribution in [2.45, 2.75) is 6.43 Å². The van der Waals surface area contributed by atoms with E-state index >= 15 is 0 Å². The second kappa shape index (κ2) is 3.11. The summed E-state index contributed by atoms with van der Waals surface area (Å²) in [5, 5.41) is 0. The molecule has 0 bridgehead atoms. The molecule has 11 heavy (non-hydrogen) atoms. The van der Waals surface area contributed by atoms with Crippen molar-refractivity contribution in [3.05, 3.63) is 29.6 Å². The third-order valence-corrected chi connectivity index (χ3v) is 1.17. The summed E-state index contributed by atoms with van der Waals surface area (Å²) in [5.74, 6) is 2.25. The van der Waals surface area contributed by atoms with Gasteiger partial charge < -0.3 is 0 Å². The summed E-state index contributed by atoms with van der Waals surface area (Å²) < 4.78 is 23.9. The van der Waals surface area contributed by atoms with E-state index in [1.165, 1.54) is 18.3 Å². The molecule has 0 aliphatic rings. The molecule has 0 radical (unpaired) electrons.